The van der Waals surface area contributed by atoms with Gasteiger partial charge in [0.05, 0.1) is 0 Å². The summed E-state index contributed by atoms with van der Waals surface area (Å²) in [4.78, 5) is 0. The fourth-order valence-electron chi connectivity index (χ4n) is 1.63. The molecule has 19 heavy (non-hydrogen) atoms. The zero-order valence-electron chi connectivity index (χ0n) is 10.6. The third-order valence-electron chi connectivity index (χ3n) is 2.51. The Morgan fingerprint density at radius 2 is 2.16 bits per heavy atom. The van der Waals surface area contributed by atoms with Crippen LogP contribution >= 0.6 is 11.6 Å². The highest BCUT2D eigenvalue weighted by Crippen LogP contribution is 2.23. The number of hydrogen-bond donors (Lipinski definition) is 1. The first kappa shape index (κ1) is 13.9. The van der Waals surface area contributed by atoms with Crippen LogP contribution in [-0.4, -0.2) is 12.3 Å². The Hall–Kier alpha value is -1.56. The molecule has 0 amide bonds. The van der Waals surface area contributed by atoms with Crippen molar-refractivity contribution in [1.82, 2.24) is 5.16 Å². The van der Waals surface area contributed by atoms with Crippen LogP contribution in [0.15, 0.2) is 28.8 Å². The first-order chi connectivity index (χ1) is 9.22. The van der Waals surface area contributed by atoms with Crippen LogP contribution in [0, 0.1) is 0 Å². The van der Waals surface area contributed by atoms with Gasteiger partial charge in [-0.15, -0.1) is 0 Å². The number of benzene rings is 1. The molecule has 1 heterocycles. The Balaban J connectivity index is 2.01. The molecule has 0 aliphatic heterocycles. The molecule has 2 aromatic rings. The molecule has 6 heteroatoms. The average molecular weight is 283 g/mol. The monoisotopic (exact) mass is 282 g/mol. The number of nitrogens with zero attached hydrogens (tertiary/aromatic N) is 1. The lowest BCUT2D eigenvalue weighted by Gasteiger charge is -2.09. The maximum atomic E-state index is 5.90. The summed E-state index contributed by atoms with van der Waals surface area (Å²) in [5, 5.41) is 4.52. The van der Waals surface area contributed by atoms with Gasteiger partial charge >= 0.3 is 0 Å². The molecule has 5 nitrogen and oxygen atoms in total. The minimum Gasteiger partial charge on any atom is -0.487 e. The van der Waals surface area contributed by atoms with Gasteiger partial charge in [-0.05, 0) is 18.2 Å². The lowest BCUT2D eigenvalue weighted by molar-refractivity contribution is 0.155. The van der Waals surface area contributed by atoms with Gasteiger partial charge in [0.15, 0.2) is 5.76 Å². The summed E-state index contributed by atoms with van der Waals surface area (Å²) < 4.78 is 15.7. The van der Waals surface area contributed by atoms with E-state index in [4.69, 9.17) is 31.3 Å². The van der Waals surface area contributed by atoms with Gasteiger partial charge in [0, 0.05) is 30.3 Å². The molecule has 1 aromatic heterocycles. The van der Waals surface area contributed by atoms with Crippen LogP contribution in [0.3, 0.4) is 0 Å². The second-order valence-corrected chi connectivity index (χ2v) is 4.40. The molecular weight excluding hydrogens is 268 g/mol. The highest BCUT2D eigenvalue weighted by Gasteiger charge is 2.07. The fraction of sp³-hybridized carbons (Fsp3) is 0.308. The molecule has 0 fully saturated rings. The molecule has 0 saturated heterocycles. The molecule has 0 unspecified atom stereocenters. The van der Waals surface area contributed by atoms with Crippen molar-refractivity contribution < 1.29 is 14.0 Å². The van der Waals surface area contributed by atoms with Crippen molar-refractivity contribution >= 4 is 11.6 Å². The van der Waals surface area contributed by atoms with Crippen LogP contribution in [-0.2, 0) is 24.5 Å². The van der Waals surface area contributed by atoms with E-state index in [2.05, 4.69) is 5.16 Å². The van der Waals surface area contributed by atoms with Crippen molar-refractivity contribution in [2.45, 2.75) is 19.8 Å². The Labute approximate surface area is 116 Å². The molecule has 0 saturated carbocycles. The molecule has 0 bridgehead atoms. The predicted molar refractivity (Wildman–Crippen MR) is 70.9 cm³/mol. The van der Waals surface area contributed by atoms with E-state index < -0.39 is 0 Å². The Bertz CT molecular complexity index is 542. The summed E-state index contributed by atoms with van der Waals surface area (Å²) >= 11 is 5.90. The molecule has 0 radical (unpaired) electrons. The van der Waals surface area contributed by atoms with Gasteiger partial charge in [0.2, 0.25) is 0 Å². The normalized spacial score (nSPS) is 10.7. The van der Waals surface area contributed by atoms with Gasteiger partial charge in [-0.25, -0.2) is 0 Å². The Kier molecular flexibility index (Phi) is 4.79. The van der Waals surface area contributed by atoms with Crippen molar-refractivity contribution in [2.24, 2.45) is 5.73 Å². The maximum absolute atomic E-state index is 5.90. The van der Waals surface area contributed by atoms with Crippen molar-refractivity contribution in [1.29, 1.82) is 0 Å². The average Bonchev–Trinajstić information content (AvgIpc) is 2.85. The Morgan fingerprint density at radius 3 is 2.89 bits per heavy atom. The molecule has 0 atom stereocenters. The summed E-state index contributed by atoms with van der Waals surface area (Å²) in [7, 11) is 1.60. The van der Waals surface area contributed by atoms with Crippen molar-refractivity contribution in [3.05, 3.63) is 46.3 Å². The summed E-state index contributed by atoms with van der Waals surface area (Å²) in [6.07, 6.45) is 0. The largest absolute Gasteiger partial charge is 0.487 e. The molecule has 0 aliphatic carbocycles. The first-order valence-corrected chi connectivity index (χ1v) is 6.15. The lowest BCUT2D eigenvalue weighted by atomic mass is 10.2. The molecule has 1 aromatic carbocycles. The summed E-state index contributed by atoms with van der Waals surface area (Å²) in [6, 6.07) is 7.13. The number of halogens is 1. The molecular formula is C13H15ClN2O3. The quantitative estimate of drug-likeness (QED) is 0.881. The summed E-state index contributed by atoms with van der Waals surface area (Å²) in [5.41, 5.74) is 7.20. The van der Waals surface area contributed by atoms with Crippen LogP contribution in [0.25, 0.3) is 0 Å². The number of rotatable bonds is 6. The molecule has 102 valence electrons. The SMILES string of the molecule is COCc1cc(COc2ccc(Cl)cc2CN)no1. The second kappa shape index (κ2) is 6.56. The first-order valence-electron chi connectivity index (χ1n) is 5.77. The van der Waals surface area contributed by atoms with Gasteiger partial charge in [0.25, 0.3) is 0 Å². The van der Waals surface area contributed by atoms with E-state index in [1.165, 1.54) is 0 Å². The summed E-state index contributed by atoms with van der Waals surface area (Å²) in [5.74, 6) is 1.36. The fourth-order valence-corrected chi connectivity index (χ4v) is 1.83. The molecule has 0 spiro atoms. The lowest BCUT2D eigenvalue weighted by Crippen LogP contribution is -2.02. The van der Waals surface area contributed by atoms with E-state index in [9.17, 15) is 0 Å². The van der Waals surface area contributed by atoms with Crippen LogP contribution in [0.4, 0.5) is 0 Å². The minimum atomic E-state index is 0.307. The van der Waals surface area contributed by atoms with Gasteiger partial charge in [-0.1, -0.05) is 16.8 Å². The van der Waals surface area contributed by atoms with Crippen LogP contribution in [0.1, 0.15) is 17.0 Å². The van der Waals surface area contributed by atoms with Gasteiger partial charge < -0.3 is 19.7 Å². The zero-order valence-corrected chi connectivity index (χ0v) is 11.3. The van der Waals surface area contributed by atoms with Crippen molar-refractivity contribution in [3.8, 4) is 5.75 Å². The summed E-state index contributed by atoms with van der Waals surface area (Å²) in [6.45, 7) is 1.06. The Morgan fingerprint density at radius 1 is 1.32 bits per heavy atom. The minimum absolute atomic E-state index is 0.307. The predicted octanol–water partition coefficient (Wildman–Crippen LogP) is 2.51. The highest BCUT2D eigenvalue weighted by atomic mass is 35.5. The second-order valence-electron chi connectivity index (χ2n) is 3.96. The van der Waals surface area contributed by atoms with Crippen LogP contribution < -0.4 is 10.5 Å². The highest BCUT2D eigenvalue weighted by molar-refractivity contribution is 6.30. The number of hydrogen-bond acceptors (Lipinski definition) is 5. The van der Waals surface area contributed by atoms with Gasteiger partial charge in [-0.3, -0.25) is 0 Å². The van der Waals surface area contributed by atoms with Crippen LogP contribution in [0.2, 0.25) is 5.02 Å². The van der Waals surface area contributed by atoms with Crippen molar-refractivity contribution in [3.63, 3.8) is 0 Å². The van der Waals surface area contributed by atoms with E-state index in [1.807, 2.05) is 0 Å². The number of methoxy groups -OCH3 is 1. The van der Waals surface area contributed by atoms with Gasteiger partial charge in [-0.2, -0.15) is 0 Å². The van der Waals surface area contributed by atoms with E-state index in [0.29, 0.717) is 42.0 Å². The maximum Gasteiger partial charge on any atom is 0.162 e. The number of nitrogens with two attached hydrogens (primary N) is 1. The third kappa shape index (κ3) is 3.70. The number of aromatic nitrogens is 1. The molecule has 2 N–H and O–H groups in total. The van der Waals surface area contributed by atoms with E-state index in [0.717, 1.165) is 5.56 Å². The van der Waals surface area contributed by atoms with Gasteiger partial charge in [0.1, 0.15) is 24.7 Å². The number of ether oxygens (including phenoxy) is 2. The van der Waals surface area contributed by atoms with E-state index in [-0.39, 0.29) is 0 Å². The molecule has 2 rings (SSSR count). The van der Waals surface area contributed by atoms with Crippen molar-refractivity contribution in [2.75, 3.05) is 7.11 Å². The standard InChI is InChI=1S/C13H15ClN2O3/c1-17-8-12-5-11(16-19-12)7-18-13-3-2-10(14)4-9(13)6-15/h2-5H,6-8,15H2,1H3. The molecule has 0 aliphatic rings. The van der Waals surface area contributed by atoms with Crippen LogP contribution in [0.5, 0.6) is 5.75 Å². The van der Waals surface area contributed by atoms with E-state index in [1.54, 1.807) is 31.4 Å². The zero-order chi connectivity index (χ0) is 13.7. The third-order valence-corrected chi connectivity index (χ3v) is 2.75. The topological polar surface area (TPSA) is 70.5 Å². The van der Waals surface area contributed by atoms with E-state index >= 15 is 0 Å². The smallest absolute Gasteiger partial charge is 0.162 e.